The minimum Gasteiger partial charge on any atom is -0.494 e. The zero-order chi connectivity index (χ0) is 13.3. The lowest BCUT2D eigenvalue weighted by atomic mass is 9.87. The molecule has 2 rings (SSSR count). The van der Waals surface area contributed by atoms with E-state index < -0.39 is 0 Å². The van der Waals surface area contributed by atoms with E-state index in [4.69, 9.17) is 4.74 Å². The summed E-state index contributed by atoms with van der Waals surface area (Å²) in [6, 6.07) is 8.39. The smallest absolute Gasteiger partial charge is 0.119 e. The van der Waals surface area contributed by atoms with Crippen molar-refractivity contribution in [1.29, 1.82) is 0 Å². The number of nitrogens with one attached hydrogen (secondary N) is 1. The largest absolute Gasteiger partial charge is 0.494 e. The maximum absolute atomic E-state index is 5.52. The quantitative estimate of drug-likeness (QED) is 0.745. The molecule has 1 fully saturated rings. The summed E-state index contributed by atoms with van der Waals surface area (Å²) in [6.45, 7) is 4.85. The summed E-state index contributed by atoms with van der Waals surface area (Å²) in [5.74, 6) is 1.95. The monoisotopic (exact) mass is 261 g/mol. The van der Waals surface area contributed by atoms with Gasteiger partial charge in [0.05, 0.1) is 6.61 Å². The average Bonchev–Trinajstić information content (AvgIpc) is 2.46. The number of hydrogen-bond donors (Lipinski definition) is 1. The zero-order valence-electron chi connectivity index (χ0n) is 12.2. The maximum atomic E-state index is 5.52. The van der Waals surface area contributed by atoms with Gasteiger partial charge >= 0.3 is 0 Å². The molecule has 19 heavy (non-hydrogen) atoms. The lowest BCUT2D eigenvalue weighted by molar-refractivity contribution is 0.333. The number of hydrogen-bond acceptors (Lipinski definition) is 2. The van der Waals surface area contributed by atoms with Gasteiger partial charge in [-0.05, 0) is 43.5 Å². The van der Waals surface area contributed by atoms with Gasteiger partial charge in [-0.1, -0.05) is 44.2 Å². The molecule has 0 atom stereocenters. The van der Waals surface area contributed by atoms with Gasteiger partial charge in [0.2, 0.25) is 0 Å². The lowest BCUT2D eigenvalue weighted by Crippen LogP contribution is -2.19. The molecule has 0 aromatic heterocycles. The lowest BCUT2D eigenvalue weighted by Gasteiger charge is -2.21. The fourth-order valence-electron chi connectivity index (χ4n) is 2.93. The first-order chi connectivity index (χ1) is 9.38. The van der Waals surface area contributed by atoms with Crippen LogP contribution in [0, 0.1) is 5.92 Å². The van der Waals surface area contributed by atoms with Gasteiger partial charge < -0.3 is 10.1 Å². The molecule has 2 nitrogen and oxygen atoms in total. The van der Waals surface area contributed by atoms with E-state index in [0.717, 1.165) is 31.4 Å². The molecule has 0 amide bonds. The maximum Gasteiger partial charge on any atom is 0.119 e. The topological polar surface area (TPSA) is 21.3 Å². The fourth-order valence-corrected chi connectivity index (χ4v) is 2.93. The van der Waals surface area contributed by atoms with Crippen molar-refractivity contribution in [1.82, 2.24) is 5.32 Å². The second-order valence-electron chi connectivity index (χ2n) is 5.55. The van der Waals surface area contributed by atoms with E-state index in [1.807, 2.05) is 13.0 Å². The Balaban J connectivity index is 1.65. The van der Waals surface area contributed by atoms with Crippen molar-refractivity contribution in [3.63, 3.8) is 0 Å². The van der Waals surface area contributed by atoms with Crippen LogP contribution in [0.1, 0.15) is 51.0 Å². The number of rotatable bonds is 7. The SMILES string of the molecule is CCOc1cccc(CNCCC2CCCCC2)c1. The molecule has 0 bridgehead atoms. The van der Waals surface area contributed by atoms with Gasteiger partial charge in [-0.3, -0.25) is 0 Å². The highest BCUT2D eigenvalue weighted by atomic mass is 16.5. The molecule has 2 heteroatoms. The third-order valence-electron chi connectivity index (χ3n) is 3.99. The molecule has 1 aromatic carbocycles. The first-order valence-corrected chi connectivity index (χ1v) is 7.81. The van der Waals surface area contributed by atoms with Gasteiger partial charge in [0.1, 0.15) is 5.75 Å². The summed E-state index contributed by atoms with van der Waals surface area (Å²) in [7, 11) is 0. The van der Waals surface area contributed by atoms with Crippen molar-refractivity contribution in [3.8, 4) is 5.75 Å². The van der Waals surface area contributed by atoms with Crippen LogP contribution in [0.5, 0.6) is 5.75 Å². The normalized spacial score (nSPS) is 16.5. The van der Waals surface area contributed by atoms with Crippen LogP contribution in [0.25, 0.3) is 0 Å². The molecule has 0 unspecified atom stereocenters. The molecule has 106 valence electrons. The number of ether oxygens (including phenoxy) is 1. The molecule has 0 radical (unpaired) electrons. The molecular weight excluding hydrogens is 234 g/mol. The second kappa shape index (κ2) is 8.21. The Labute approximate surface area is 117 Å². The standard InChI is InChI=1S/C17H27NO/c1-2-19-17-10-6-9-16(13-17)14-18-12-11-15-7-4-3-5-8-15/h6,9-10,13,15,18H,2-5,7-8,11-12,14H2,1H3. The van der Waals surface area contributed by atoms with Crippen LogP contribution >= 0.6 is 0 Å². The number of benzene rings is 1. The Morgan fingerprint density at radius 1 is 1.21 bits per heavy atom. The summed E-state index contributed by atoms with van der Waals surface area (Å²) in [5.41, 5.74) is 1.31. The summed E-state index contributed by atoms with van der Waals surface area (Å²) in [5, 5.41) is 3.56. The predicted molar refractivity (Wildman–Crippen MR) is 80.5 cm³/mol. The van der Waals surface area contributed by atoms with Gasteiger partial charge in [-0.25, -0.2) is 0 Å². The summed E-state index contributed by atoms with van der Waals surface area (Å²) < 4.78 is 5.52. The van der Waals surface area contributed by atoms with Gasteiger partial charge in [-0.15, -0.1) is 0 Å². The van der Waals surface area contributed by atoms with Crippen molar-refractivity contribution in [2.45, 2.75) is 52.0 Å². The first-order valence-electron chi connectivity index (χ1n) is 7.81. The van der Waals surface area contributed by atoms with E-state index in [9.17, 15) is 0 Å². The van der Waals surface area contributed by atoms with E-state index in [-0.39, 0.29) is 0 Å². The van der Waals surface area contributed by atoms with Crippen LogP contribution < -0.4 is 10.1 Å². The van der Waals surface area contributed by atoms with Crippen molar-refractivity contribution < 1.29 is 4.74 Å². The highest BCUT2D eigenvalue weighted by molar-refractivity contribution is 5.28. The molecule has 0 saturated heterocycles. The van der Waals surface area contributed by atoms with Gasteiger partial charge in [0, 0.05) is 6.54 Å². The average molecular weight is 261 g/mol. The van der Waals surface area contributed by atoms with Gasteiger partial charge in [0.25, 0.3) is 0 Å². The van der Waals surface area contributed by atoms with Crippen molar-refractivity contribution >= 4 is 0 Å². The molecule has 1 aliphatic rings. The van der Waals surface area contributed by atoms with Crippen LogP contribution in [0.4, 0.5) is 0 Å². The Morgan fingerprint density at radius 3 is 2.84 bits per heavy atom. The van der Waals surface area contributed by atoms with Crippen LogP contribution in [-0.2, 0) is 6.54 Å². The molecule has 1 N–H and O–H groups in total. The van der Waals surface area contributed by atoms with Crippen LogP contribution in [-0.4, -0.2) is 13.2 Å². The molecule has 0 heterocycles. The molecule has 1 aliphatic carbocycles. The van der Waals surface area contributed by atoms with E-state index in [2.05, 4.69) is 23.5 Å². The van der Waals surface area contributed by atoms with Crippen molar-refractivity contribution in [2.75, 3.05) is 13.2 Å². The highest BCUT2D eigenvalue weighted by Gasteiger charge is 2.12. The Kier molecular flexibility index (Phi) is 6.22. The molecule has 1 saturated carbocycles. The van der Waals surface area contributed by atoms with E-state index >= 15 is 0 Å². The van der Waals surface area contributed by atoms with Gasteiger partial charge in [0.15, 0.2) is 0 Å². The summed E-state index contributed by atoms with van der Waals surface area (Å²) in [6.07, 6.45) is 8.57. The van der Waals surface area contributed by atoms with Crippen molar-refractivity contribution in [2.24, 2.45) is 5.92 Å². The Morgan fingerprint density at radius 2 is 2.05 bits per heavy atom. The second-order valence-corrected chi connectivity index (χ2v) is 5.55. The van der Waals surface area contributed by atoms with E-state index in [0.29, 0.717) is 0 Å². The predicted octanol–water partition coefficient (Wildman–Crippen LogP) is 4.15. The summed E-state index contributed by atoms with van der Waals surface area (Å²) >= 11 is 0. The van der Waals surface area contributed by atoms with E-state index in [1.165, 1.54) is 44.1 Å². The third kappa shape index (κ3) is 5.23. The molecule has 1 aromatic rings. The minimum absolute atomic E-state index is 0.735. The highest BCUT2D eigenvalue weighted by Crippen LogP contribution is 2.25. The molecule has 0 spiro atoms. The third-order valence-corrected chi connectivity index (χ3v) is 3.99. The Bertz CT molecular complexity index is 358. The molecular formula is C17H27NO. The molecule has 0 aliphatic heterocycles. The minimum atomic E-state index is 0.735. The van der Waals surface area contributed by atoms with Crippen LogP contribution in [0.3, 0.4) is 0 Å². The van der Waals surface area contributed by atoms with E-state index in [1.54, 1.807) is 0 Å². The Hall–Kier alpha value is -1.02. The van der Waals surface area contributed by atoms with Crippen molar-refractivity contribution in [3.05, 3.63) is 29.8 Å². The van der Waals surface area contributed by atoms with Gasteiger partial charge in [-0.2, -0.15) is 0 Å². The first kappa shape index (κ1) is 14.4. The zero-order valence-corrected chi connectivity index (χ0v) is 12.2. The van der Waals surface area contributed by atoms with Crippen LogP contribution in [0.2, 0.25) is 0 Å². The van der Waals surface area contributed by atoms with Crippen LogP contribution in [0.15, 0.2) is 24.3 Å². The fraction of sp³-hybridized carbons (Fsp3) is 0.647. The summed E-state index contributed by atoms with van der Waals surface area (Å²) in [4.78, 5) is 0.